The van der Waals surface area contributed by atoms with Crippen molar-refractivity contribution in [3.05, 3.63) is 47.3 Å². The summed E-state index contributed by atoms with van der Waals surface area (Å²) < 4.78 is 32.1. The Morgan fingerprint density at radius 2 is 1.85 bits per heavy atom. The van der Waals surface area contributed by atoms with Crippen molar-refractivity contribution in [2.45, 2.75) is 44.2 Å². The fraction of sp³-hybridized carbons (Fsp3) is 0.353. The van der Waals surface area contributed by atoms with E-state index in [1.807, 2.05) is 0 Å². The van der Waals surface area contributed by atoms with Crippen LogP contribution in [0.1, 0.15) is 36.4 Å². The molecule has 1 heterocycles. The fourth-order valence-corrected chi connectivity index (χ4v) is 4.14. The van der Waals surface area contributed by atoms with E-state index in [1.165, 1.54) is 20.8 Å². The third-order valence-electron chi connectivity index (χ3n) is 3.86. The number of aryl methyl sites for hydroxylation is 2. The third-order valence-corrected chi connectivity index (χ3v) is 5.64. The number of carboxylic acid groups (broad SMARTS) is 1. The van der Waals surface area contributed by atoms with E-state index in [-0.39, 0.29) is 22.8 Å². The second-order valence-electron chi connectivity index (χ2n) is 6.07. The molecular weight excluding hydrogens is 374 g/mol. The quantitative estimate of drug-likeness (QED) is 0.612. The zero-order valence-corrected chi connectivity index (χ0v) is 15.9. The first-order valence-electron chi connectivity index (χ1n) is 8.14. The highest BCUT2D eigenvalue weighted by Gasteiger charge is 2.29. The number of carbonyl (C=O) groups excluding carboxylic acids is 1. The van der Waals surface area contributed by atoms with Crippen LogP contribution in [-0.2, 0) is 19.6 Å². The Kier molecular flexibility index (Phi) is 6.34. The summed E-state index contributed by atoms with van der Waals surface area (Å²) in [6.07, 6.45) is -0.334. The van der Waals surface area contributed by atoms with Crippen LogP contribution in [-0.4, -0.2) is 36.6 Å². The molecule has 0 aliphatic carbocycles. The lowest BCUT2D eigenvalue weighted by Crippen LogP contribution is -2.46. The van der Waals surface area contributed by atoms with Crippen LogP contribution < -0.4 is 10.0 Å². The smallest absolute Gasteiger partial charge is 0.305 e. The number of sulfonamides is 1. The number of hydrogen-bond donors (Lipinski definition) is 3. The van der Waals surface area contributed by atoms with Crippen molar-refractivity contribution >= 4 is 21.9 Å². The summed E-state index contributed by atoms with van der Waals surface area (Å²) in [6, 6.07) is 6.66. The number of aromatic nitrogens is 1. The minimum atomic E-state index is -4.03. The number of rotatable bonds is 8. The van der Waals surface area contributed by atoms with Crippen molar-refractivity contribution in [3.8, 4) is 0 Å². The van der Waals surface area contributed by atoms with Gasteiger partial charge in [0.15, 0.2) is 5.76 Å². The molecule has 0 saturated carbocycles. The van der Waals surface area contributed by atoms with Crippen molar-refractivity contribution in [2.75, 3.05) is 0 Å². The minimum absolute atomic E-state index is 0.112. The molecule has 27 heavy (non-hydrogen) atoms. The molecule has 0 radical (unpaired) electrons. The monoisotopic (exact) mass is 395 g/mol. The van der Waals surface area contributed by atoms with Gasteiger partial charge in [0.25, 0.3) is 0 Å². The molecule has 2 aromatic rings. The molecule has 2 unspecified atom stereocenters. The van der Waals surface area contributed by atoms with Crippen LogP contribution in [0.4, 0.5) is 0 Å². The van der Waals surface area contributed by atoms with Crippen LogP contribution >= 0.6 is 0 Å². The van der Waals surface area contributed by atoms with Crippen molar-refractivity contribution in [1.82, 2.24) is 15.2 Å². The average molecular weight is 395 g/mol. The van der Waals surface area contributed by atoms with Gasteiger partial charge in [-0.3, -0.25) is 9.59 Å². The summed E-state index contributed by atoms with van der Waals surface area (Å²) in [5.74, 6) is -1.63. The van der Waals surface area contributed by atoms with Crippen LogP contribution in [0.3, 0.4) is 0 Å². The zero-order chi connectivity index (χ0) is 20.2. The Morgan fingerprint density at radius 1 is 1.22 bits per heavy atom. The number of amides is 1. The molecule has 0 fully saturated rings. The second kappa shape index (κ2) is 8.31. The molecule has 146 valence electrons. The van der Waals surface area contributed by atoms with Gasteiger partial charge in [-0.15, -0.1) is 0 Å². The molecule has 0 spiro atoms. The highest BCUT2D eigenvalue weighted by atomic mass is 32.2. The SMILES string of the molecule is Cc1noc(C)c1S(=O)(=O)NC(C)C(=O)NC(CC(=O)O)c1ccccc1. The van der Waals surface area contributed by atoms with Crippen molar-refractivity contribution < 1.29 is 27.6 Å². The van der Waals surface area contributed by atoms with Gasteiger partial charge < -0.3 is 14.9 Å². The van der Waals surface area contributed by atoms with Crippen molar-refractivity contribution in [2.24, 2.45) is 0 Å². The van der Waals surface area contributed by atoms with Gasteiger partial charge in [-0.05, 0) is 26.3 Å². The Hall–Kier alpha value is -2.72. The van der Waals surface area contributed by atoms with Gasteiger partial charge in [0, 0.05) is 0 Å². The normalized spacial score (nSPS) is 13.7. The van der Waals surface area contributed by atoms with E-state index in [0.717, 1.165) is 0 Å². The van der Waals surface area contributed by atoms with Gasteiger partial charge in [0.2, 0.25) is 15.9 Å². The highest BCUT2D eigenvalue weighted by molar-refractivity contribution is 7.89. The van der Waals surface area contributed by atoms with Gasteiger partial charge in [0.1, 0.15) is 10.6 Å². The Bertz CT molecular complexity index is 904. The van der Waals surface area contributed by atoms with E-state index in [2.05, 4.69) is 15.2 Å². The summed E-state index contributed by atoms with van der Waals surface area (Å²) in [5.41, 5.74) is 0.787. The predicted molar refractivity (Wildman–Crippen MR) is 95.3 cm³/mol. The lowest BCUT2D eigenvalue weighted by Gasteiger charge is -2.20. The maximum atomic E-state index is 12.5. The van der Waals surface area contributed by atoms with Crippen LogP contribution in [0.15, 0.2) is 39.8 Å². The molecule has 0 aliphatic rings. The second-order valence-corrected chi connectivity index (χ2v) is 7.72. The molecule has 1 amide bonds. The van der Waals surface area contributed by atoms with Gasteiger partial charge >= 0.3 is 5.97 Å². The molecule has 0 bridgehead atoms. The number of carboxylic acids is 1. The predicted octanol–water partition coefficient (Wildman–Crippen LogP) is 1.29. The summed E-state index contributed by atoms with van der Waals surface area (Å²) in [5, 5.41) is 15.3. The minimum Gasteiger partial charge on any atom is -0.481 e. The topological polar surface area (TPSA) is 139 Å². The molecule has 2 rings (SSSR count). The van der Waals surface area contributed by atoms with E-state index >= 15 is 0 Å². The number of carbonyl (C=O) groups is 2. The Morgan fingerprint density at radius 3 is 2.37 bits per heavy atom. The van der Waals surface area contributed by atoms with E-state index in [9.17, 15) is 18.0 Å². The van der Waals surface area contributed by atoms with E-state index < -0.39 is 34.0 Å². The lowest BCUT2D eigenvalue weighted by atomic mass is 10.0. The lowest BCUT2D eigenvalue weighted by molar-refractivity contribution is -0.137. The van der Waals surface area contributed by atoms with Crippen LogP contribution in [0, 0.1) is 13.8 Å². The van der Waals surface area contributed by atoms with E-state index in [1.54, 1.807) is 30.3 Å². The number of benzene rings is 1. The van der Waals surface area contributed by atoms with Gasteiger partial charge in [0.05, 0.1) is 18.5 Å². The molecule has 10 heteroatoms. The summed E-state index contributed by atoms with van der Waals surface area (Å²) in [4.78, 5) is 23.5. The van der Waals surface area contributed by atoms with Crippen molar-refractivity contribution in [1.29, 1.82) is 0 Å². The molecule has 1 aromatic heterocycles. The molecule has 1 aromatic carbocycles. The number of nitrogens with one attached hydrogen (secondary N) is 2. The molecule has 9 nitrogen and oxygen atoms in total. The highest BCUT2D eigenvalue weighted by Crippen LogP contribution is 2.20. The molecule has 0 aliphatic heterocycles. The van der Waals surface area contributed by atoms with E-state index in [4.69, 9.17) is 9.63 Å². The first-order chi connectivity index (χ1) is 12.6. The first-order valence-corrected chi connectivity index (χ1v) is 9.62. The number of aliphatic carboxylic acids is 1. The van der Waals surface area contributed by atoms with Crippen LogP contribution in [0.2, 0.25) is 0 Å². The standard InChI is InChI=1S/C17H21N3O6S/c1-10-16(12(3)26-19-10)27(24,25)20-11(2)17(23)18-14(9-15(21)22)13-7-5-4-6-8-13/h4-8,11,14,20H,9H2,1-3H3,(H,18,23)(H,21,22). The number of hydrogen-bond acceptors (Lipinski definition) is 6. The number of nitrogens with zero attached hydrogens (tertiary/aromatic N) is 1. The zero-order valence-electron chi connectivity index (χ0n) is 15.1. The molecule has 2 atom stereocenters. The van der Waals surface area contributed by atoms with Crippen LogP contribution in [0.5, 0.6) is 0 Å². The Balaban J connectivity index is 2.14. The summed E-state index contributed by atoms with van der Waals surface area (Å²) >= 11 is 0. The van der Waals surface area contributed by atoms with Crippen molar-refractivity contribution in [3.63, 3.8) is 0 Å². The Labute approximate surface area is 156 Å². The summed E-state index contributed by atoms with van der Waals surface area (Å²) in [6.45, 7) is 4.31. The third kappa shape index (κ3) is 5.14. The molecular formula is C17H21N3O6S. The average Bonchev–Trinajstić information content (AvgIpc) is 2.93. The largest absolute Gasteiger partial charge is 0.481 e. The maximum absolute atomic E-state index is 12.5. The van der Waals surface area contributed by atoms with Crippen LogP contribution in [0.25, 0.3) is 0 Å². The van der Waals surface area contributed by atoms with E-state index in [0.29, 0.717) is 5.56 Å². The maximum Gasteiger partial charge on any atom is 0.305 e. The van der Waals surface area contributed by atoms with Gasteiger partial charge in [-0.2, -0.15) is 4.72 Å². The fourth-order valence-electron chi connectivity index (χ4n) is 2.61. The summed E-state index contributed by atoms with van der Waals surface area (Å²) in [7, 11) is -4.03. The molecule has 0 saturated heterocycles. The van der Waals surface area contributed by atoms with Gasteiger partial charge in [-0.25, -0.2) is 8.42 Å². The molecule has 3 N–H and O–H groups in total. The van der Waals surface area contributed by atoms with Gasteiger partial charge in [-0.1, -0.05) is 35.5 Å². The first kappa shape index (κ1) is 20.6.